The second-order valence-electron chi connectivity index (χ2n) is 5.43. The lowest BCUT2D eigenvalue weighted by Crippen LogP contribution is -2.36. The van der Waals surface area contributed by atoms with Gasteiger partial charge in [-0.1, -0.05) is 48.5 Å². The standard InChI is InChI=1S/C19H14N2O/c1-21-12-11-15-14-9-5-6-10-16(14)20-17(15)18(21)19(22)13-7-3-2-4-8-13/h2-12H,1H3/p+1. The first-order chi connectivity index (χ1) is 10.8. The molecule has 0 atom stereocenters. The van der Waals surface area contributed by atoms with Crippen molar-refractivity contribution in [2.75, 3.05) is 0 Å². The number of aromatic amines is 1. The molecule has 106 valence electrons. The van der Waals surface area contributed by atoms with Gasteiger partial charge >= 0.3 is 0 Å². The van der Waals surface area contributed by atoms with E-state index in [-0.39, 0.29) is 5.78 Å². The van der Waals surface area contributed by atoms with Gasteiger partial charge in [-0.15, -0.1) is 0 Å². The van der Waals surface area contributed by atoms with E-state index in [2.05, 4.69) is 17.1 Å². The van der Waals surface area contributed by atoms with Crippen LogP contribution in [0.4, 0.5) is 0 Å². The summed E-state index contributed by atoms with van der Waals surface area (Å²) in [6.45, 7) is 0. The monoisotopic (exact) mass is 287 g/mol. The third-order valence-electron chi connectivity index (χ3n) is 4.05. The van der Waals surface area contributed by atoms with Crippen molar-refractivity contribution in [3.63, 3.8) is 0 Å². The van der Waals surface area contributed by atoms with Gasteiger partial charge in [-0.3, -0.25) is 4.79 Å². The summed E-state index contributed by atoms with van der Waals surface area (Å²) < 4.78 is 1.88. The van der Waals surface area contributed by atoms with Crippen molar-refractivity contribution >= 4 is 27.6 Å². The van der Waals surface area contributed by atoms with E-state index in [4.69, 9.17) is 0 Å². The minimum atomic E-state index is 0.0280. The zero-order chi connectivity index (χ0) is 15.1. The number of carbonyl (C=O) groups is 1. The van der Waals surface area contributed by atoms with E-state index >= 15 is 0 Å². The Morgan fingerprint density at radius 3 is 2.45 bits per heavy atom. The summed E-state index contributed by atoms with van der Waals surface area (Å²) >= 11 is 0. The van der Waals surface area contributed by atoms with Gasteiger partial charge in [0, 0.05) is 27.9 Å². The van der Waals surface area contributed by atoms with Crippen molar-refractivity contribution in [2.45, 2.75) is 0 Å². The van der Waals surface area contributed by atoms with Crippen LogP contribution >= 0.6 is 0 Å². The van der Waals surface area contributed by atoms with Crippen LogP contribution in [0.1, 0.15) is 16.1 Å². The van der Waals surface area contributed by atoms with Crippen molar-refractivity contribution in [2.24, 2.45) is 7.05 Å². The Morgan fingerprint density at radius 1 is 0.909 bits per heavy atom. The van der Waals surface area contributed by atoms with Crippen molar-refractivity contribution in [3.05, 3.63) is 78.1 Å². The van der Waals surface area contributed by atoms with Gasteiger partial charge in [0.15, 0.2) is 6.20 Å². The third kappa shape index (κ3) is 1.83. The molecule has 0 bridgehead atoms. The molecule has 0 aliphatic carbocycles. The minimum absolute atomic E-state index is 0.0280. The molecule has 3 nitrogen and oxygen atoms in total. The van der Waals surface area contributed by atoms with Gasteiger partial charge in [0.25, 0.3) is 11.5 Å². The molecule has 22 heavy (non-hydrogen) atoms. The van der Waals surface area contributed by atoms with Crippen LogP contribution in [0.3, 0.4) is 0 Å². The normalized spacial score (nSPS) is 11.1. The fourth-order valence-corrected chi connectivity index (χ4v) is 2.96. The van der Waals surface area contributed by atoms with Crippen LogP contribution in [0, 0.1) is 0 Å². The summed E-state index contributed by atoms with van der Waals surface area (Å²) in [7, 11) is 1.90. The zero-order valence-electron chi connectivity index (χ0n) is 12.2. The van der Waals surface area contributed by atoms with E-state index < -0.39 is 0 Å². The SMILES string of the molecule is C[n+]1ccc2c([nH]c3ccccc32)c1C(=O)c1ccccc1. The topological polar surface area (TPSA) is 36.7 Å². The summed E-state index contributed by atoms with van der Waals surface area (Å²) in [5.41, 5.74) is 3.31. The second-order valence-corrected chi connectivity index (χ2v) is 5.43. The van der Waals surface area contributed by atoms with E-state index in [1.807, 2.05) is 66.3 Å². The number of aromatic nitrogens is 2. The van der Waals surface area contributed by atoms with Gasteiger partial charge in [-0.25, -0.2) is 0 Å². The Bertz CT molecular complexity index is 1000. The lowest BCUT2D eigenvalue weighted by molar-refractivity contribution is -0.672. The molecular weight excluding hydrogens is 272 g/mol. The molecule has 2 aromatic heterocycles. The van der Waals surface area contributed by atoms with Gasteiger partial charge < -0.3 is 4.98 Å². The number of carbonyl (C=O) groups excluding carboxylic acids is 1. The van der Waals surface area contributed by atoms with Gasteiger partial charge in [0.1, 0.15) is 12.6 Å². The molecule has 1 N–H and O–H groups in total. The van der Waals surface area contributed by atoms with Gasteiger partial charge in [-0.05, 0) is 6.07 Å². The van der Waals surface area contributed by atoms with Crippen LogP contribution in [-0.4, -0.2) is 10.8 Å². The molecule has 4 aromatic rings. The van der Waals surface area contributed by atoms with Crippen LogP contribution in [0.2, 0.25) is 0 Å². The fraction of sp³-hybridized carbons (Fsp3) is 0.0526. The molecule has 2 aromatic carbocycles. The number of benzene rings is 2. The summed E-state index contributed by atoms with van der Waals surface area (Å²) in [4.78, 5) is 16.3. The number of hydrogen-bond donors (Lipinski definition) is 1. The number of hydrogen-bond acceptors (Lipinski definition) is 1. The molecule has 0 amide bonds. The van der Waals surface area contributed by atoms with E-state index in [1.54, 1.807) is 0 Å². The largest absolute Gasteiger partial charge is 0.349 e. The highest BCUT2D eigenvalue weighted by Crippen LogP contribution is 2.26. The molecule has 4 rings (SSSR count). The van der Waals surface area contributed by atoms with Gasteiger partial charge in [0.05, 0.1) is 0 Å². The first kappa shape index (κ1) is 12.8. The summed E-state index contributed by atoms with van der Waals surface area (Å²) in [6.07, 6.45) is 1.94. The average Bonchev–Trinajstić information content (AvgIpc) is 2.93. The Labute approximate surface area is 127 Å². The minimum Gasteiger partial charge on any atom is -0.349 e. The lowest BCUT2D eigenvalue weighted by atomic mass is 10.1. The maximum absolute atomic E-state index is 12.9. The van der Waals surface area contributed by atoms with Gasteiger partial charge in [-0.2, -0.15) is 4.57 Å². The summed E-state index contributed by atoms with van der Waals surface area (Å²) in [6, 6.07) is 19.6. The Kier molecular flexibility index (Phi) is 2.79. The van der Waals surface area contributed by atoms with E-state index in [0.29, 0.717) is 11.3 Å². The van der Waals surface area contributed by atoms with Crippen LogP contribution in [0.25, 0.3) is 21.8 Å². The van der Waals surface area contributed by atoms with Crippen LogP contribution < -0.4 is 4.57 Å². The maximum atomic E-state index is 12.9. The number of para-hydroxylation sites is 1. The van der Waals surface area contributed by atoms with Crippen molar-refractivity contribution < 1.29 is 9.36 Å². The zero-order valence-corrected chi connectivity index (χ0v) is 12.2. The highest BCUT2D eigenvalue weighted by molar-refractivity contribution is 6.17. The van der Waals surface area contributed by atoms with Crippen molar-refractivity contribution in [1.29, 1.82) is 0 Å². The molecule has 2 heterocycles. The first-order valence-corrected chi connectivity index (χ1v) is 7.24. The molecule has 0 unspecified atom stereocenters. The average molecular weight is 287 g/mol. The number of aryl methyl sites for hydroxylation is 1. The number of fused-ring (bicyclic) bond motifs is 3. The van der Waals surface area contributed by atoms with Gasteiger partial charge in [0.2, 0.25) is 0 Å². The van der Waals surface area contributed by atoms with E-state index in [0.717, 1.165) is 21.8 Å². The summed E-state index contributed by atoms with van der Waals surface area (Å²) in [5, 5.41) is 2.22. The highest BCUT2D eigenvalue weighted by Gasteiger charge is 2.24. The Morgan fingerprint density at radius 2 is 1.64 bits per heavy atom. The molecule has 0 fully saturated rings. The number of nitrogens with zero attached hydrogens (tertiary/aromatic N) is 1. The second kappa shape index (κ2) is 4.81. The van der Waals surface area contributed by atoms with Crippen LogP contribution in [0.5, 0.6) is 0 Å². The number of nitrogens with one attached hydrogen (secondary N) is 1. The molecule has 0 radical (unpaired) electrons. The molecule has 0 aliphatic heterocycles. The number of H-pyrrole nitrogens is 1. The third-order valence-corrected chi connectivity index (χ3v) is 4.05. The lowest BCUT2D eigenvalue weighted by Gasteiger charge is -2.01. The molecule has 0 saturated heterocycles. The quantitative estimate of drug-likeness (QED) is 0.445. The van der Waals surface area contributed by atoms with E-state index in [9.17, 15) is 4.79 Å². The molecular formula is C19H15N2O+. The Balaban J connectivity index is 2.04. The highest BCUT2D eigenvalue weighted by atomic mass is 16.1. The predicted molar refractivity (Wildman–Crippen MR) is 86.9 cm³/mol. The molecule has 0 aliphatic rings. The van der Waals surface area contributed by atoms with Crippen LogP contribution in [0.15, 0.2) is 66.9 Å². The number of pyridine rings is 1. The smallest absolute Gasteiger partial charge is 0.277 e. The number of ketones is 1. The van der Waals surface area contributed by atoms with Crippen molar-refractivity contribution in [1.82, 2.24) is 4.98 Å². The van der Waals surface area contributed by atoms with E-state index in [1.165, 1.54) is 0 Å². The predicted octanol–water partition coefficient (Wildman–Crippen LogP) is 3.38. The first-order valence-electron chi connectivity index (χ1n) is 7.24. The fourth-order valence-electron chi connectivity index (χ4n) is 2.96. The van der Waals surface area contributed by atoms with Crippen molar-refractivity contribution in [3.8, 4) is 0 Å². The molecule has 0 spiro atoms. The molecule has 3 heteroatoms. The summed E-state index contributed by atoms with van der Waals surface area (Å²) in [5.74, 6) is 0.0280. The number of rotatable bonds is 2. The van der Waals surface area contributed by atoms with Crippen LogP contribution in [-0.2, 0) is 7.05 Å². The Hall–Kier alpha value is -2.94. The molecule has 0 saturated carbocycles. The maximum Gasteiger partial charge on any atom is 0.277 e.